The van der Waals surface area contributed by atoms with Gasteiger partial charge in [-0.25, -0.2) is 0 Å². The van der Waals surface area contributed by atoms with Crippen molar-refractivity contribution in [3.8, 4) is 0 Å². The van der Waals surface area contributed by atoms with Crippen LogP contribution in [-0.4, -0.2) is 37.7 Å². The Morgan fingerprint density at radius 3 is 2.62 bits per heavy atom. The van der Waals surface area contributed by atoms with Crippen molar-refractivity contribution in [1.82, 2.24) is 4.90 Å². The van der Waals surface area contributed by atoms with E-state index in [-0.39, 0.29) is 11.5 Å². The molecule has 2 unspecified atom stereocenters. The standard InChI is InChI=1S/C18H30N2O/c1-18(2,17(19)15-9-5-4-6-10-15)14-20(3)13-16-11-7-8-12-21-16/h4-6,9-10,16-17H,7-8,11-14,19H2,1-3H3. The second kappa shape index (κ2) is 7.39. The van der Waals surface area contributed by atoms with Gasteiger partial charge < -0.3 is 15.4 Å². The molecule has 1 aliphatic rings. The zero-order valence-electron chi connectivity index (χ0n) is 13.7. The molecule has 1 fully saturated rings. The van der Waals surface area contributed by atoms with E-state index in [0.29, 0.717) is 6.10 Å². The van der Waals surface area contributed by atoms with Crippen LogP contribution in [0.3, 0.4) is 0 Å². The van der Waals surface area contributed by atoms with Gasteiger partial charge in [-0.05, 0) is 37.3 Å². The van der Waals surface area contributed by atoms with Gasteiger partial charge >= 0.3 is 0 Å². The molecular weight excluding hydrogens is 260 g/mol. The van der Waals surface area contributed by atoms with Crippen molar-refractivity contribution >= 4 is 0 Å². The molecule has 1 aliphatic heterocycles. The highest BCUT2D eigenvalue weighted by molar-refractivity contribution is 5.20. The maximum Gasteiger partial charge on any atom is 0.0701 e. The minimum absolute atomic E-state index is 0.0325. The average molecular weight is 290 g/mol. The molecule has 2 rings (SSSR count). The molecule has 1 heterocycles. The van der Waals surface area contributed by atoms with Crippen molar-refractivity contribution in [3.63, 3.8) is 0 Å². The lowest BCUT2D eigenvalue weighted by Gasteiger charge is -2.37. The fourth-order valence-electron chi connectivity index (χ4n) is 3.27. The number of nitrogens with zero attached hydrogens (tertiary/aromatic N) is 1. The lowest BCUT2D eigenvalue weighted by atomic mass is 9.80. The predicted molar refractivity (Wildman–Crippen MR) is 88.2 cm³/mol. The van der Waals surface area contributed by atoms with Crippen LogP contribution in [0.25, 0.3) is 0 Å². The summed E-state index contributed by atoms with van der Waals surface area (Å²) in [6.07, 6.45) is 4.10. The van der Waals surface area contributed by atoms with Gasteiger partial charge in [0.05, 0.1) is 6.10 Å². The monoisotopic (exact) mass is 290 g/mol. The van der Waals surface area contributed by atoms with E-state index in [0.717, 1.165) is 19.7 Å². The highest BCUT2D eigenvalue weighted by Gasteiger charge is 2.30. The lowest BCUT2D eigenvalue weighted by Crippen LogP contribution is -2.42. The number of hydrogen-bond donors (Lipinski definition) is 1. The molecule has 118 valence electrons. The second-order valence-electron chi connectivity index (χ2n) is 7.06. The van der Waals surface area contributed by atoms with Gasteiger partial charge in [0.25, 0.3) is 0 Å². The quantitative estimate of drug-likeness (QED) is 0.874. The van der Waals surface area contributed by atoms with E-state index in [1.807, 2.05) is 6.07 Å². The van der Waals surface area contributed by atoms with Crippen molar-refractivity contribution in [1.29, 1.82) is 0 Å². The van der Waals surface area contributed by atoms with Crippen LogP contribution in [0.1, 0.15) is 44.7 Å². The summed E-state index contributed by atoms with van der Waals surface area (Å²) in [6, 6.07) is 10.5. The fourth-order valence-corrected chi connectivity index (χ4v) is 3.27. The van der Waals surface area contributed by atoms with E-state index in [1.165, 1.54) is 24.8 Å². The summed E-state index contributed by atoms with van der Waals surface area (Å²) in [4.78, 5) is 2.37. The Balaban J connectivity index is 1.89. The number of benzene rings is 1. The van der Waals surface area contributed by atoms with Gasteiger partial charge in [0.1, 0.15) is 0 Å². The molecule has 0 bridgehead atoms. The zero-order chi connectivity index (χ0) is 15.3. The first-order chi connectivity index (χ1) is 9.99. The first-order valence-electron chi connectivity index (χ1n) is 8.10. The Morgan fingerprint density at radius 1 is 1.29 bits per heavy atom. The van der Waals surface area contributed by atoms with Crippen molar-refractivity contribution in [2.24, 2.45) is 11.1 Å². The van der Waals surface area contributed by atoms with E-state index in [2.05, 4.69) is 50.1 Å². The minimum Gasteiger partial charge on any atom is -0.377 e. The number of hydrogen-bond acceptors (Lipinski definition) is 3. The number of likely N-dealkylation sites (N-methyl/N-ethyl adjacent to an activating group) is 1. The van der Waals surface area contributed by atoms with Gasteiger partial charge in [0.2, 0.25) is 0 Å². The van der Waals surface area contributed by atoms with Gasteiger partial charge in [-0.3, -0.25) is 0 Å². The maximum absolute atomic E-state index is 6.50. The van der Waals surface area contributed by atoms with Crippen molar-refractivity contribution in [2.75, 3.05) is 26.7 Å². The fraction of sp³-hybridized carbons (Fsp3) is 0.667. The van der Waals surface area contributed by atoms with Gasteiger partial charge in [0.15, 0.2) is 0 Å². The van der Waals surface area contributed by atoms with Crippen LogP contribution < -0.4 is 5.73 Å². The molecule has 1 aromatic rings. The van der Waals surface area contributed by atoms with Crippen LogP contribution in [-0.2, 0) is 4.74 Å². The normalized spacial score (nSPS) is 21.5. The van der Waals surface area contributed by atoms with Crippen molar-refractivity contribution < 1.29 is 4.74 Å². The molecule has 0 spiro atoms. The highest BCUT2D eigenvalue weighted by Crippen LogP contribution is 2.32. The van der Waals surface area contributed by atoms with Gasteiger partial charge in [-0.2, -0.15) is 0 Å². The third-order valence-corrected chi connectivity index (χ3v) is 4.47. The first kappa shape index (κ1) is 16.5. The van der Waals surface area contributed by atoms with Crippen LogP contribution in [0.15, 0.2) is 30.3 Å². The van der Waals surface area contributed by atoms with E-state index >= 15 is 0 Å². The molecule has 1 saturated heterocycles. The van der Waals surface area contributed by atoms with Crippen LogP contribution in [0.4, 0.5) is 0 Å². The summed E-state index contributed by atoms with van der Waals surface area (Å²) in [6.45, 7) is 7.41. The molecule has 0 aliphatic carbocycles. The maximum atomic E-state index is 6.50. The highest BCUT2D eigenvalue weighted by atomic mass is 16.5. The van der Waals surface area contributed by atoms with Crippen LogP contribution in [0.2, 0.25) is 0 Å². The summed E-state index contributed by atoms with van der Waals surface area (Å²) in [5.74, 6) is 0. The molecule has 0 amide bonds. The molecule has 0 saturated carbocycles. The van der Waals surface area contributed by atoms with Crippen LogP contribution in [0, 0.1) is 5.41 Å². The lowest BCUT2D eigenvalue weighted by molar-refractivity contribution is -0.00743. The zero-order valence-corrected chi connectivity index (χ0v) is 13.7. The van der Waals surface area contributed by atoms with E-state index in [9.17, 15) is 0 Å². The Labute approximate surface area is 129 Å². The minimum atomic E-state index is 0.0325. The number of ether oxygens (including phenoxy) is 1. The van der Waals surface area contributed by atoms with E-state index in [4.69, 9.17) is 10.5 Å². The average Bonchev–Trinajstić information content (AvgIpc) is 2.47. The Bertz CT molecular complexity index is 412. The van der Waals surface area contributed by atoms with Crippen molar-refractivity contribution in [3.05, 3.63) is 35.9 Å². The number of rotatable bonds is 6. The summed E-state index contributed by atoms with van der Waals surface area (Å²) in [5, 5.41) is 0. The Kier molecular flexibility index (Phi) is 5.80. The Morgan fingerprint density at radius 2 is 2.00 bits per heavy atom. The van der Waals surface area contributed by atoms with Gasteiger partial charge in [-0.15, -0.1) is 0 Å². The largest absolute Gasteiger partial charge is 0.377 e. The Hall–Kier alpha value is -0.900. The summed E-state index contributed by atoms with van der Waals surface area (Å²) < 4.78 is 5.84. The van der Waals surface area contributed by atoms with Gasteiger partial charge in [0, 0.05) is 25.7 Å². The SMILES string of the molecule is CN(CC1CCCCO1)CC(C)(C)C(N)c1ccccc1. The summed E-state index contributed by atoms with van der Waals surface area (Å²) in [5.41, 5.74) is 7.74. The molecule has 3 heteroatoms. The second-order valence-corrected chi connectivity index (χ2v) is 7.06. The molecule has 0 aromatic heterocycles. The first-order valence-corrected chi connectivity index (χ1v) is 8.10. The molecule has 21 heavy (non-hydrogen) atoms. The summed E-state index contributed by atoms with van der Waals surface area (Å²) >= 11 is 0. The van der Waals surface area contributed by atoms with Gasteiger partial charge in [-0.1, -0.05) is 44.2 Å². The molecule has 1 aromatic carbocycles. The summed E-state index contributed by atoms with van der Waals surface area (Å²) in [7, 11) is 2.18. The molecule has 3 nitrogen and oxygen atoms in total. The topological polar surface area (TPSA) is 38.5 Å². The molecule has 2 N–H and O–H groups in total. The number of nitrogens with two attached hydrogens (primary N) is 1. The molecule has 2 atom stereocenters. The third kappa shape index (κ3) is 4.80. The smallest absolute Gasteiger partial charge is 0.0701 e. The third-order valence-electron chi connectivity index (χ3n) is 4.47. The van der Waals surface area contributed by atoms with Crippen molar-refractivity contribution in [2.45, 2.75) is 45.3 Å². The van der Waals surface area contributed by atoms with Crippen LogP contribution in [0.5, 0.6) is 0 Å². The van der Waals surface area contributed by atoms with E-state index < -0.39 is 0 Å². The molecular formula is C18H30N2O. The predicted octanol–water partition coefficient (Wildman–Crippen LogP) is 3.21. The van der Waals surface area contributed by atoms with Crippen LogP contribution >= 0.6 is 0 Å². The van der Waals surface area contributed by atoms with E-state index in [1.54, 1.807) is 0 Å². The molecule has 0 radical (unpaired) electrons.